The molecule has 2 rings (SSSR count). The molecule has 1 aromatic carbocycles. The van der Waals surface area contributed by atoms with E-state index in [1.165, 1.54) is 18.9 Å². The molecular weight excluding hydrogens is 237 g/mol. The lowest BCUT2D eigenvalue weighted by molar-refractivity contribution is 0.296. The van der Waals surface area contributed by atoms with E-state index in [1.54, 1.807) is 17.8 Å². The number of aliphatic hydroxyl groups is 1. The highest BCUT2D eigenvalue weighted by Crippen LogP contribution is 2.26. The van der Waals surface area contributed by atoms with Crippen molar-refractivity contribution in [2.24, 2.45) is 0 Å². The van der Waals surface area contributed by atoms with Crippen LogP contribution in [0.2, 0.25) is 0 Å². The maximum absolute atomic E-state index is 13.2. The number of nitrogens with one attached hydrogen (secondary N) is 1. The molecule has 94 valence electrons. The van der Waals surface area contributed by atoms with Gasteiger partial charge in [-0.1, -0.05) is 0 Å². The van der Waals surface area contributed by atoms with Gasteiger partial charge in [0, 0.05) is 29.8 Å². The van der Waals surface area contributed by atoms with Crippen LogP contribution >= 0.6 is 11.8 Å². The molecule has 1 aromatic rings. The Morgan fingerprint density at radius 1 is 1.41 bits per heavy atom. The minimum atomic E-state index is -0.177. The van der Waals surface area contributed by atoms with Crippen LogP contribution in [-0.4, -0.2) is 23.5 Å². The first-order valence-corrected chi connectivity index (χ1v) is 7.03. The summed E-state index contributed by atoms with van der Waals surface area (Å²) >= 11 is 1.69. The third-order valence-electron chi connectivity index (χ3n) is 2.74. The predicted octanol–water partition coefficient (Wildman–Crippen LogP) is 2.55. The Bertz CT molecular complexity index is 368. The summed E-state index contributed by atoms with van der Waals surface area (Å²) in [6, 6.07) is 5.58. The Kier molecular flexibility index (Phi) is 4.83. The van der Waals surface area contributed by atoms with Crippen molar-refractivity contribution in [2.75, 3.05) is 12.4 Å². The molecule has 1 aliphatic rings. The van der Waals surface area contributed by atoms with Crippen molar-refractivity contribution in [1.29, 1.82) is 0 Å². The van der Waals surface area contributed by atoms with Gasteiger partial charge in [0.1, 0.15) is 5.82 Å². The van der Waals surface area contributed by atoms with Gasteiger partial charge < -0.3 is 10.4 Å². The van der Waals surface area contributed by atoms with Crippen molar-refractivity contribution in [3.63, 3.8) is 0 Å². The van der Waals surface area contributed by atoms with Crippen molar-refractivity contribution < 1.29 is 9.50 Å². The second-order valence-electron chi connectivity index (χ2n) is 4.33. The standard InChI is InChI=1S/C13H18FNOS/c14-11-2-5-13(17-7-1-6-16)10(8-11)9-15-12-3-4-12/h2,5,8,12,15-16H,1,3-4,6-7,9H2. The molecule has 2 nitrogen and oxygen atoms in total. The van der Waals surface area contributed by atoms with Crippen molar-refractivity contribution in [2.45, 2.75) is 36.7 Å². The molecule has 0 spiro atoms. The predicted molar refractivity (Wildman–Crippen MR) is 68.7 cm³/mol. The van der Waals surface area contributed by atoms with Crippen LogP contribution in [0.5, 0.6) is 0 Å². The molecular formula is C13H18FNOS. The van der Waals surface area contributed by atoms with Crippen LogP contribution in [0.25, 0.3) is 0 Å². The molecule has 1 saturated carbocycles. The van der Waals surface area contributed by atoms with Crippen molar-refractivity contribution in [1.82, 2.24) is 5.32 Å². The summed E-state index contributed by atoms with van der Waals surface area (Å²) in [6.45, 7) is 0.952. The number of hydrogen-bond acceptors (Lipinski definition) is 3. The maximum Gasteiger partial charge on any atom is 0.123 e. The molecule has 1 aliphatic carbocycles. The first kappa shape index (κ1) is 12.9. The van der Waals surface area contributed by atoms with E-state index < -0.39 is 0 Å². The summed E-state index contributed by atoms with van der Waals surface area (Å²) in [6.07, 6.45) is 3.25. The lowest BCUT2D eigenvalue weighted by atomic mass is 10.2. The first-order chi connectivity index (χ1) is 8.29. The van der Waals surface area contributed by atoms with Crippen LogP contribution in [-0.2, 0) is 6.54 Å². The van der Waals surface area contributed by atoms with E-state index in [9.17, 15) is 4.39 Å². The van der Waals surface area contributed by atoms with Crippen LogP contribution in [0.1, 0.15) is 24.8 Å². The molecule has 0 atom stereocenters. The Morgan fingerprint density at radius 3 is 2.94 bits per heavy atom. The van der Waals surface area contributed by atoms with E-state index in [2.05, 4.69) is 5.32 Å². The summed E-state index contributed by atoms with van der Waals surface area (Å²) < 4.78 is 13.2. The average molecular weight is 255 g/mol. The molecule has 0 radical (unpaired) electrons. The lowest BCUT2D eigenvalue weighted by Crippen LogP contribution is -2.16. The van der Waals surface area contributed by atoms with Crippen LogP contribution in [0.15, 0.2) is 23.1 Å². The number of hydrogen-bond donors (Lipinski definition) is 2. The number of halogens is 1. The Balaban J connectivity index is 1.95. The molecule has 0 bridgehead atoms. The summed E-state index contributed by atoms with van der Waals surface area (Å²) in [5.41, 5.74) is 1.03. The highest BCUT2D eigenvalue weighted by Gasteiger charge is 2.20. The van der Waals surface area contributed by atoms with Gasteiger partial charge in [0.15, 0.2) is 0 Å². The molecule has 0 aromatic heterocycles. The fourth-order valence-electron chi connectivity index (χ4n) is 1.62. The summed E-state index contributed by atoms with van der Waals surface area (Å²) in [5.74, 6) is 0.697. The minimum absolute atomic E-state index is 0.177. The zero-order valence-electron chi connectivity index (χ0n) is 9.79. The summed E-state index contributed by atoms with van der Waals surface area (Å²) in [7, 11) is 0. The van der Waals surface area contributed by atoms with E-state index in [4.69, 9.17) is 5.11 Å². The van der Waals surface area contributed by atoms with Crippen LogP contribution in [0.3, 0.4) is 0 Å². The smallest absolute Gasteiger partial charge is 0.123 e. The van der Waals surface area contributed by atoms with Gasteiger partial charge in [-0.05, 0) is 43.0 Å². The van der Waals surface area contributed by atoms with Crippen LogP contribution in [0.4, 0.5) is 4.39 Å². The van der Waals surface area contributed by atoms with E-state index in [1.807, 2.05) is 6.07 Å². The number of benzene rings is 1. The molecule has 0 heterocycles. The van der Waals surface area contributed by atoms with E-state index in [0.717, 1.165) is 29.2 Å². The first-order valence-electron chi connectivity index (χ1n) is 6.05. The van der Waals surface area contributed by atoms with E-state index in [-0.39, 0.29) is 12.4 Å². The van der Waals surface area contributed by atoms with Gasteiger partial charge in [0.05, 0.1) is 0 Å². The molecule has 0 aliphatic heterocycles. The molecule has 0 saturated heterocycles. The third kappa shape index (κ3) is 4.30. The van der Waals surface area contributed by atoms with E-state index >= 15 is 0 Å². The van der Waals surface area contributed by atoms with E-state index in [0.29, 0.717) is 6.04 Å². The topological polar surface area (TPSA) is 32.3 Å². The van der Waals surface area contributed by atoms with Gasteiger partial charge in [-0.2, -0.15) is 0 Å². The van der Waals surface area contributed by atoms with Gasteiger partial charge in [-0.3, -0.25) is 0 Å². The molecule has 2 N–H and O–H groups in total. The number of thioether (sulfide) groups is 1. The zero-order chi connectivity index (χ0) is 12.1. The fraction of sp³-hybridized carbons (Fsp3) is 0.538. The quantitative estimate of drug-likeness (QED) is 0.580. The average Bonchev–Trinajstić information content (AvgIpc) is 3.13. The molecule has 17 heavy (non-hydrogen) atoms. The molecule has 0 unspecified atom stereocenters. The van der Waals surface area contributed by atoms with Crippen molar-refractivity contribution in [3.05, 3.63) is 29.6 Å². The Hall–Kier alpha value is -0.580. The highest BCUT2D eigenvalue weighted by atomic mass is 32.2. The Morgan fingerprint density at radius 2 is 2.24 bits per heavy atom. The van der Waals surface area contributed by atoms with Crippen LogP contribution < -0.4 is 5.32 Å². The second-order valence-corrected chi connectivity index (χ2v) is 5.47. The monoisotopic (exact) mass is 255 g/mol. The Labute approximate surface area is 106 Å². The third-order valence-corrected chi connectivity index (χ3v) is 3.94. The molecule has 4 heteroatoms. The highest BCUT2D eigenvalue weighted by molar-refractivity contribution is 7.99. The van der Waals surface area contributed by atoms with Gasteiger partial charge >= 0.3 is 0 Å². The normalized spacial score (nSPS) is 15.2. The summed E-state index contributed by atoms with van der Waals surface area (Å²) in [4.78, 5) is 1.12. The van der Waals surface area contributed by atoms with Gasteiger partial charge in [0.25, 0.3) is 0 Å². The van der Waals surface area contributed by atoms with Crippen LogP contribution in [0, 0.1) is 5.82 Å². The number of rotatable bonds is 7. The van der Waals surface area contributed by atoms with Gasteiger partial charge in [-0.15, -0.1) is 11.8 Å². The lowest BCUT2D eigenvalue weighted by Gasteiger charge is -2.10. The molecule has 1 fully saturated rings. The second kappa shape index (κ2) is 6.38. The number of aliphatic hydroxyl groups excluding tert-OH is 1. The summed E-state index contributed by atoms with van der Waals surface area (Å²) in [5, 5.41) is 12.2. The van der Waals surface area contributed by atoms with Gasteiger partial charge in [0.2, 0.25) is 0 Å². The molecule has 0 amide bonds. The van der Waals surface area contributed by atoms with Crippen molar-refractivity contribution >= 4 is 11.8 Å². The zero-order valence-corrected chi connectivity index (χ0v) is 10.6. The van der Waals surface area contributed by atoms with Gasteiger partial charge in [-0.25, -0.2) is 4.39 Å². The SMILES string of the molecule is OCCCSc1ccc(F)cc1CNC1CC1. The van der Waals surface area contributed by atoms with Crippen molar-refractivity contribution in [3.8, 4) is 0 Å². The minimum Gasteiger partial charge on any atom is -0.396 e. The maximum atomic E-state index is 13.2. The fourth-order valence-corrected chi connectivity index (χ4v) is 2.59. The largest absolute Gasteiger partial charge is 0.396 e.